The molecule has 1 aromatic carbocycles. The van der Waals surface area contributed by atoms with Crippen LogP contribution >= 0.6 is 11.3 Å². The summed E-state index contributed by atoms with van der Waals surface area (Å²) in [4.78, 5) is 26.3. The molecule has 1 aliphatic heterocycles. The fraction of sp³-hybridized carbons (Fsp3) is 0.391. The molecule has 4 rings (SSSR count). The van der Waals surface area contributed by atoms with E-state index in [1.54, 1.807) is 42.7 Å². The highest BCUT2D eigenvalue weighted by atomic mass is 32.1. The lowest BCUT2D eigenvalue weighted by Crippen LogP contribution is -2.42. The maximum atomic E-state index is 12.8. The fourth-order valence-electron chi connectivity index (χ4n) is 3.88. The van der Waals surface area contributed by atoms with Gasteiger partial charge in [-0.1, -0.05) is 6.07 Å². The van der Waals surface area contributed by atoms with Crippen molar-refractivity contribution in [3.8, 4) is 5.75 Å². The number of ketones is 1. The number of Topliss-reactive ketones (excluding diaryl/α,β-unsaturated/α-hetero) is 1. The summed E-state index contributed by atoms with van der Waals surface area (Å²) in [5.74, 6) is 0.353. The number of rotatable bonds is 7. The molecule has 1 amide bonds. The number of amides is 1. The Balaban J connectivity index is 1.31. The van der Waals surface area contributed by atoms with Crippen LogP contribution < -0.4 is 10.1 Å². The number of nitrogens with one attached hydrogen (secondary N) is 1. The number of fused-ring (bicyclic) bond motifs is 1. The number of allylic oxidation sites excluding steroid dienone is 1. The summed E-state index contributed by atoms with van der Waals surface area (Å²) in [6, 6.07) is 10.8. The summed E-state index contributed by atoms with van der Waals surface area (Å²) in [5.41, 5.74) is 0.548. The number of carbonyl (C=O) groups excluding carboxylic acids is 2. The van der Waals surface area contributed by atoms with Gasteiger partial charge in [-0.3, -0.25) is 9.59 Å². The molecule has 30 heavy (non-hydrogen) atoms. The number of thiophene rings is 1. The van der Waals surface area contributed by atoms with Crippen LogP contribution in [0.5, 0.6) is 5.75 Å². The highest BCUT2D eigenvalue weighted by Crippen LogP contribution is 2.34. The molecule has 2 aliphatic rings. The number of carbonyl (C=O) groups is 2. The zero-order valence-electron chi connectivity index (χ0n) is 16.8. The first-order valence-electron chi connectivity index (χ1n) is 10.1. The van der Waals surface area contributed by atoms with E-state index < -0.39 is 0 Å². The van der Waals surface area contributed by atoms with E-state index in [2.05, 4.69) is 11.4 Å². The summed E-state index contributed by atoms with van der Waals surface area (Å²) in [7, 11) is 1.69. The summed E-state index contributed by atoms with van der Waals surface area (Å²) < 4.78 is 16.9. The molecule has 3 unspecified atom stereocenters. The molecule has 6 nitrogen and oxygen atoms in total. The molecule has 1 aliphatic carbocycles. The Morgan fingerprint density at radius 3 is 2.80 bits per heavy atom. The lowest BCUT2D eigenvalue weighted by molar-refractivity contribution is -0.133. The van der Waals surface area contributed by atoms with Gasteiger partial charge in [-0.2, -0.15) is 0 Å². The number of ether oxygens (including phenoxy) is 3. The summed E-state index contributed by atoms with van der Waals surface area (Å²) in [5, 5.41) is 4.94. The average Bonchev–Trinajstić information content (AvgIpc) is 3.29. The molecule has 1 saturated carbocycles. The van der Waals surface area contributed by atoms with E-state index >= 15 is 0 Å². The van der Waals surface area contributed by atoms with Crippen molar-refractivity contribution in [1.82, 2.24) is 5.32 Å². The number of benzene rings is 1. The molecule has 0 spiro atoms. The largest absolute Gasteiger partial charge is 0.493 e. The van der Waals surface area contributed by atoms with Crippen LogP contribution in [-0.4, -0.2) is 37.6 Å². The van der Waals surface area contributed by atoms with E-state index in [0.717, 1.165) is 19.3 Å². The number of hydrogen-bond acceptors (Lipinski definition) is 6. The summed E-state index contributed by atoms with van der Waals surface area (Å²) in [6.07, 6.45) is 4.50. The van der Waals surface area contributed by atoms with E-state index in [1.807, 2.05) is 11.4 Å². The van der Waals surface area contributed by atoms with Gasteiger partial charge in [-0.05, 0) is 55.0 Å². The predicted molar refractivity (Wildman–Crippen MR) is 114 cm³/mol. The Morgan fingerprint density at radius 2 is 2.07 bits per heavy atom. The molecule has 1 N–H and O–H groups in total. The smallest absolute Gasteiger partial charge is 0.251 e. The average molecular weight is 428 g/mol. The fourth-order valence-corrected chi connectivity index (χ4v) is 4.59. The third-order valence-corrected chi connectivity index (χ3v) is 6.52. The molecule has 158 valence electrons. The van der Waals surface area contributed by atoms with Gasteiger partial charge in [0.2, 0.25) is 11.5 Å². The third-order valence-electron chi connectivity index (χ3n) is 5.59. The first kappa shape index (κ1) is 20.6. The van der Waals surface area contributed by atoms with Crippen molar-refractivity contribution < 1.29 is 23.8 Å². The van der Waals surface area contributed by atoms with Crippen LogP contribution in [0.3, 0.4) is 0 Å². The Hall–Kier alpha value is -2.64. The molecule has 2 heterocycles. The number of hydrogen-bond donors (Lipinski definition) is 1. The molecule has 1 aromatic heterocycles. The van der Waals surface area contributed by atoms with Crippen LogP contribution in [-0.2, 0) is 20.7 Å². The molecule has 0 radical (unpaired) electrons. The predicted octanol–water partition coefficient (Wildman–Crippen LogP) is 3.72. The van der Waals surface area contributed by atoms with E-state index in [1.165, 1.54) is 11.1 Å². The lowest BCUT2D eigenvalue weighted by Gasteiger charge is -2.36. The van der Waals surface area contributed by atoms with Crippen molar-refractivity contribution in [2.24, 2.45) is 5.92 Å². The minimum Gasteiger partial charge on any atom is -0.493 e. The van der Waals surface area contributed by atoms with Crippen molar-refractivity contribution in [3.63, 3.8) is 0 Å². The van der Waals surface area contributed by atoms with E-state index in [-0.39, 0.29) is 35.6 Å². The highest BCUT2D eigenvalue weighted by molar-refractivity contribution is 7.09. The van der Waals surface area contributed by atoms with E-state index in [9.17, 15) is 9.59 Å². The van der Waals surface area contributed by atoms with Crippen molar-refractivity contribution in [2.75, 3.05) is 13.7 Å². The standard InChI is InChI=1S/C23H25NO5S/c1-27-17-8-9-19-20(13-17)28-14-21(22(19)25)29-16-6-4-15(5-7-16)23(26)24-11-10-18-3-2-12-30-18/h2-7,12,14,17,19-20H,8-11,13H2,1H3,(H,24,26). The van der Waals surface area contributed by atoms with Crippen LogP contribution in [0.15, 0.2) is 53.8 Å². The topological polar surface area (TPSA) is 73.9 Å². The van der Waals surface area contributed by atoms with Gasteiger partial charge >= 0.3 is 0 Å². The minimum absolute atomic E-state index is 0.0313. The summed E-state index contributed by atoms with van der Waals surface area (Å²) >= 11 is 1.68. The van der Waals surface area contributed by atoms with E-state index in [4.69, 9.17) is 14.2 Å². The first-order valence-corrected chi connectivity index (χ1v) is 11.0. The molecule has 0 bridgehead atoms. The minimum atomic E-state index is -0.190. The van der Waals surface area contributed by atoms with Crippen LogP contribution in [0.2, 0.25) is 0 Å². The third kappa shape index (κ3) is 4.74. The molecule has 1 fully saturated rings. The maximum Gasteiger partial charge on any atom is 0.251 e. The highest BCUT2D eigenvalue weighted by Gasteiger charge is 2.41. The zero-order valence-corrected chi connectivity index (χ0v) is 17.7. The van der Waals surface area contributed by atoms with Crippen LogP contribution in [0.25, 0.3) is 0 Å². The number of methoxy groups -OCH3 is 1. The molecule has 0 saturated heterocycles. The quantitative estimate of drug-likeness (QED) is 0.729. The Labute approximate surface area is 179 Å². The zero-order chi connectivity index (χ0) is 20.9. The van der Waals surface area contributed by atoms with Gasteiger partial charge < -0.3 is 19.5 Å². The molecule has 2 aromatic rings. The van der Waals surface area contributed by atoms with Gasteiger partial charge in [0.05, 0.1) is 12.0 Å². The molecule has 3 atom stereocenters. The van der Waals surface area contributed by atoms with Gasteiger partial charge in [0, 0.05) is 30.5 Å². The Morgan fingerprint density at radius 1 is 1.23 bits per heavy atom. The molecular formula is C23H25NO5S. The summed E-state index contributed by atoms with van der Waals surface area (Å²) in [6.45, 7) is 0.586. The lowest BCUT2D eigenvalue weighted by atomic mass is 9.80. The van der Waals surface area contributed by atoms with Gasteiger partial charge in [0.15, 0.2) is 0 Å². The molecule has 7 heteroatoms. The SMILES string of the molecule is COC1CCC2C(=O)C(Oc3ccc(C(=O)NCCc4cccs4)cc3)=COC2C1. The van der Waals surface area contributed by atoms with Crippen molar-refractivity contribution in [2.45, 2.75) is 37.9 Å². The van der Waals surface area contributed by atoms with Gasteiger partial charge in [-0.25, -0.2) is 0 Å². The first-order chi connectivity index (χ1) is 14.6. The van der Waals surface area contributed by atoms with Crippen LogP contribution in [0.4, 0.5) is 0 Å². The second kappa shape index (κ2) is 9.45. The van der Waals surface area contributed by atoms with Gasteiger partial charge in [0.1, 0.15) is 18.1 Å². The second-order valence-corrected chi connectivity index (χ2v) is 8.54. The monoisotopic (exact) mass is 427 g/mol. The van der Waals surface area contributed by atoms with Gasteiger partial charge in [-0.15, -0.1) is 11.3 Å². The van der Waals surface area contributed by atoms with Crippen LogP contribution in [0.1, 0.15) is 34.5 Å². The van der Waals surface area contributed by atoms with Crippen LogP contribution in [0, 0.1) is 5.92 Å². The van der Waals surface area contributed by atoms with Crippen molar-refractivity contribution in [3.05, 3.63) is 64.2 Å². The molecular weight excluding hydrogens is 402 g/mol. The normalized spacial score (nSPS) is 23.2. The van der Waals surface area contributed by atoms with Crippen molar-refractivity contribution >= 4 is 23.0 Å². The van der Waals surface area contributed by atoms with Gasteiger partial charge in [0.25, 0.3) is 5.91 Å². The Bertz CT molecular complexity index is 906. The van der Waals surface area contributed by atoms with E-state index in [0.29, 0.717) is 24.3 Å². The van der Waals surface area contributed by atoms with Crippen molar-refractivity contribution in [1.29, 1.82) is 0 Å². The Kier molecular flexibility index (Phi) is 6.50. The maximum absolute atomic E-state index is 12.8. The second-order valence-electron chi connectivity index (χ2n) is 7.51.